The van der Waals surface area contributed by atoms with Gasteiger partial charge in [0.25, 0.3) is 0 Å². The van der Waals surface area contributed by atoms with Gasteiger partial charge in [-0.3, -0.25) is 4.79 Å². The first kappa shape index (κ1) is 13.7. The van der Waals surface area contributed by atoms with Crippen molar-refractivity contribution in [1.29, 1.82) is 0 Å². The zero-order valence-corrected chi connectivity index (χ0v) is 12.4. The highest BCUT2D eigenvalue weighted by Crippen LogP contribution is 2.33. The molecule has 0 aliphatic carbocycles. The molecule has 1 aromatic heterocycles. The molecule has 2 heterocycles. The number of hydrogen-bond acceptors (Lipinski definition) is 5. The molecule has 0 atom stereocenters. The first-order valence-electron chi connectivity index (χ1n) is 6.78. The van der Waals surface area contributed by atoms with E-state index in [2.05, 4.69) is 20.6 Å². The van der Waals surface area contributed by atoms with Gasteiger partial charge in [0.15, 0.2) is 5.76 Å². The zero-order chi connectivity index (χ0) is 15.8. The fourth-order valence-electron chi connectivity index (χ4n) is 2.33. The average Bonchev–Trinajstić information content (AvgIpc) is 3.19. The molecule has 1 N–H and O–H groups in total. The van der Waals surface area contributed by atoms with Crippen LogP contribution in [-0.4, -0.2) is 26.4 Å². The molecule has 0 bridgehead atoms. The fourth-order valence-corrected chi connectivity index (χ4v) is 2.50. The normalized spacial score (nSPS) is 14.8. The molecule has 0 saturated carbocycles. The van der Waals surface area contributed by atoms with Gasteiger partial charge in [-0.25, -0.2) is 0 Å². The maximum absolute atomic E-state index is 12.3. The van der Waals surface area contributed by atoms with Crippen molar-refractivity contribution in [3.05, 3.63) is 64.4 Å². The van der Waals surface area contributed by atoms with Crippen molar-refractivity contribution in [1.82, 2.24) is 20.6 Å². The largest absolute Gasteiger partial charge is 0.452 e. The molecule has 0 saturated heterocycles. The van der Waals surface area contributed by atoms with Crippen LogP contribution in [0.25, 0.3) is 17.5 Å². The van der Waals surface area contributed by atoms with Gasteiger partial charge in [0.2, 0.25) is 11.6 Å². The van der Waals surface area contributed by atoms with E-state index in [1.54, 1.807) is 24.3 Å². The van der Waals surface area contributed by atoms with Crippen LogP contribution in [0, 0.1) is 0 Å². The number of hydrogen-bond donors (Lipinski definition) is 1. The molecular weight excluding hydrogens is 316 g/mol. The second-order valence-corrected chi connectivity index (χ2v) is 5.37. The first-order chi connectivity index (χ1) is 11.2. The van der Waals surface area contributed by atoms with Crippen molar-refractivity contribution in [3.63, 3.8) is 0 Å². The minimum Gasteiger partial charge on any atom is -0.452 e. The number of ether oxygens (including phenoxy) is 1. The molecule has 0 fully saturated rings. The summed E-state index contributed by atoms with van der Waals surface area (Å²) in [4.78, 5) is 12.3. The van der Waals surface area contributed by atoms with Crippen molar-refractivity contribution in [2.24, 2.45) is 0 Å². The number of nitrogens with one attached hydrogen (secondary N) is 1. The lowest BCUT2D eigenvalue weighted by atomic mass is 10.1. The van der Waals surface area contributed by atoms with Gasteiger partial charge < -0.3 is 4.74 Å². The number of carbonyl (C=O) groups is 1. The average molecular weight is 325 g/mol. The van der Waals surface area contributed by atoms with Crippen LogP contribution in [-0.2, 0) is 0 Å². The monoisotopic (exact) mass is 324 g/mol. The number of aromatic nitrogens is 4. The minimum atomic E-state index is -0.176. The van der Waals surface area contributed by atoms with E-state index in [1.165, 1.54) is 0 Å². The number of aromatic amines is 1. The summed E-state index contributed by atoms with van der Waals surface area (Å²) in [6.07, 6.45) is 1.69. The predicted molar refractivity (Wildman–Crippen MR) is 84.0 cm³/mol. The molecule has 0 unspecified atom stereocenters. The van der Waals surface area contributed by atoms with Gasteiger partial charge in [-0.05, 0) is 35.1 Å². The summed E-state index contributed by atoms with van der Waals surface area (Å²) in [5, 5.41) is 14.3. The number of allylic oxidation sites excluding steroid dienone is 1. The van der Waals surface area contributed by atoms with E-state index in [1.807, 2.05) is 24.3 Å². The van der Waals surface area contributed by atoms with Crippen LogP contribution in [0.1, 0.15) is 15.9 Å². The van der Waals surface area contributed by atoms with Crippen LogP contribution < -0.4 is 4.74 Å². The number of carbonyl (C=O) groups excluding carboxylic acids is 1. The molecule has 0 spiro atoms. The number of benzene rings is 2. The van der Waals surface area contributed by atoms with Crippen LogP contribution in [0.2, 0.25) is 5.02 Å². The SMILES string of the molecule is O=C1C(=Cc2ccc(-c3nn[nH]n3)cc2)Oc2ccc(Cl)cc21. The van der Waals surface area contributed by atoms with Gasteiger partial charge in [-0.2, -0.15) is 5.21 Å². The van der Waals surface area contributed by atoms with Gasteiger partial charge in [0.1, 0.15) is 5.75 Å². The standard InChI is InChI=1S/C16H9ClN4O2/c17-11-5-6-13-12(8-11)15(22)14(23-13)7-9-1-3-10(4-2-9)16-18-20-21-19-16/h1-8H,(H,18,19,20,21). The molecule has 1 aliphatic heterocycles. The van der Waals surface area contributed by atoms with Gasteiger partial charge in [0.05, 0.1) is 5.56 Å². The first-order valence-corrected chi connectivity index (χ1v) is 7.16. The van der Waals surface area contributed by atoms with E-state index in [-0.39, 0.29) is 11.5 Å². The van der Waals surface area contributed by atoms with Crippen LogP contribution in [0.3, 0.4) is 0 Å². The highest BCUT2D eigenvalue weighted by Gasteiger charge is 2.27. The number of H-pyrrole nitrogens is 1. The van der Waals surface area contributed by atoms with Gasteiger partial charge in [0, 0.05) is 10.6 Å². The Morgan fingerprint density at radius 2 is 1.96 bits per heavy atom. The van der Waals surface area contributed by atoms with Crippen molar-refractivity contribution < 1.29 is 9.53 Å². The van der Waals surface area contributed by atoms with Crippen LogP contribution >= 0.6 is 11.6 Å². The number of nitrogens with zero attached hydrogens (tertiary/aromatic N) is 3. The summed E-state index contributed by atoms with van der Waals surface area (Å²) < 4.78 is 5.59. The van der Waals surface area contributed by atoms with Crippen molar-refractivity contribution in [2.75, 3.05) is 0 Å². The van der Waals surface area contributed by atoms with Crippen molar-refractivity contribution in [3.8, 4) is 17.1 Å². The minimum absolute atomic E-state index is 0.176. The Morgan fingerprint density at radius 3 is 2.70 bits per heavy atom. The number of tetrazole rings is 1. The summed E-state index contributed by atoms with van der Waals surface area (Å²) in [7, 11) is 0. The van der Waals surface area contributed by atoms with Gasteiger partial charge in [-0.1, -0.05) is 35.9 Å². The molecule has 1 aliphatic rings. The highest BCUT2D eigenvalue weighted by molar-refractivity contribution is 6.31. The molecular formula is C16H9ClN4O2. The van der Waals surface area contributed by atoms with Crippen LogP contribution in [0.15, 0.2) is 48.2 Å². The smallest absolute Gasteiger partial charge is 0.232 e. The number of fused-ring (bicyclic) bond motifs is 1. The Bertz CT molecular complexity index is 918. The summed E-state index contributed by atoms with van der Waals surface area (Å²) in [5.74, 6) is 1.13. The molecule has 2 aromatic carbocycles. The molecule has 0 radical (unpaired) electrons. The predicted octanol–water partition coefficient (Wildman–Crippen LogP) is 3.14. The van der Waals surface area contributed by atoms with Crippen molar-refractivity contribution in [2.45, 2.75) is 0 Å². The lowest BCUT2D eigenvalue weighted by Crippen LogP contribution is -1.98. The number of rotatable bonds is 2. The van der Waals surface area contributed by atoms with Crippen LogP contribution in [0.5, 0.6) is 5.75 Å². The van der Waals surface area contributed by atoms with E-state index >= 15 is 0 Å². The summed E-state index contributed by atoms with van der Waals surface area (Å²) in [5.41, 5.74) is 2.14. The number of ketones is 1. The second-order valence-electron chi connectivity index (χ2n) is 4.94. The topological polar surface area (TPSA) is 80.8 Å². The van der Waals surface area contributed by atoms with E-state index < -0.39 is 0 Å². The fraction of sp³-hybridized carbons (Fsp3) is 0. The third-order valence-corrected chi connectivity index (χ3v) is 3.68. The Kier molecular flexibility index (Phi) is 3.17. The van der Waals surface area contributed by atoms with Gasteiger partial charge in [-0.15, -0.1) is 10.2 Å². The molecule has 4 rings (SSSR count). The molecule has 23 heavy (non-hydrogen) atoms. The van der Waals surface area contributed by atoms with Gasteiger partial charge >= 0.3 is 0 Å². The van der Waals surface area contributed by atoms with Crippen LogP contribution in [0.4, 0.5) is 0 Å². The molecule has 112 valence electrons. The van der Waals surface area contributed by atoms with E-state index in [9.17, 15) is 4.79 Å². The molecule has 0 amide bonds. The number of halogens is 1. The zero-order valence-electron chi connectivity index (χ0n) is 11.7. The maximum Gasteiger partial charge on any atom is 0.232 e. The lowest BCUT2D eigenvalue weighted by Gasteiger charge is -1.99. The Labute approximate surface area is 135 Å². The summed E-state index contributed by atoms with van der Waals surface area (Å²) >= 11 is 5.92. The third-order valence-electron chi connectivity index (χ3n) is 3.44. The number of Topliss-reactive ketones (excluding diaryl/α,β-unsaturated/α-hetero) is 1. The Balaban J connectivity index is 1.63. The lowest BCUT2D eigenvalue weighted by molar-refractivity contribution is 0.101. The van der Waals surface area contributed by atoms with E-state index in [4.69, 9.17) is 16.3 Å². The summed E-state index contributed by atoms with van der Waals surface area (Å²) in [6, 6.07) is 12.4. The second kappa shape index (κ2) is 5.33. The third kappa shape index (κ3) is 2.49. The summed E-state index contributed by atoms with van der Waals surface area (Å²) in [6.45, 7) is 0. The molecule has 3 aromatic rings. The molecule has 7 heteroatoms. The van der Waals surface area contributed by atoms with E-state index in [0.717, 1.165) is 11.1 Å². The quantitative estimate of drug-likeness (QED) is 0.732. The highest BCUT2D eigenvalue weighted by atomic mass is 35.5. The van der Waals surface area contributed by atoms with E-state index in [0.29, 0.717) is 22.2 Å². The molecule has 6 nitrogen and oxygen atoms in total. The van der Waals surface area contributed by atoms with Crippen molar-refractivity contribution >= 4 is 23.5 Å². The Morgan fingerprint density at radius 1 is 1.13 bits per heavy atom. The maximum atomic E-state index is 12.3. The Hall–Kier alpha value is -2.99.